The molecule has 3 nitrogen and oxygen atoms in total. The Labute approximate surface area is 130 Å². The molecule has 0 saturated heterocycles. The highest BCUT2D eigenvalue weighted by Crippen LogP contribution is 2.34. The van der Waals surface area contributed by atoms with Crippen molar-refractivity contribution >= 4 is 21.8 Å². The molecule has 1 amide bonds. The topological polar surface area (TPSA) is 29.5 Å². The van der Waals surface area contributed by atoms with E-state index in [0.717, 1.165) is 6.07 Å². The maximum atomic E-state index is 13.1. The molecule has 0 aromatic heterocycles. The van der Waals surface area contributed by atoms with Gasteiger partial charge >= 0.3 is 6.18 Å². The van der Waals surface area contributed by atoms with E-state index >= 15 is 0 Å². The van der Waals surface area contributed by atoms with Gasteiger partial charge in [-0.3, -0.25) is 4.79 Å². The van der Waals surface area contributed by atoms with E-state index in [1.807, 2.05) is 0 Å². The predicted molar refractivity (Wildman–Crippen MR) is 77.2 cm³/mol. The summed E-state index contributed by atoms with van der Waals surface area (Å²) >= 11 is 3.00. The van der Waals surface area contributed by atoms with Gasteiger partial charge in [0.2, 0.25) is 0 Å². The van der Waals surface area contributed by atoms with E-state index in [9.17, 15) is 18.0 Å². The van der Waals surface area contributed by atoms with Crippen molar-refractivity contribution in [1.29, 1.82) is 0 Å². The Hall–Kier alpha value is -1.08. The number of halogens is 4. The maximum absolute atomic E-state index is 13.1. The van der Waals surface area contributed by atoms with Crippen molar-refractivity contribution in [3.05, 3.63) is 33.8 Å². The molecule has 1 aromatic carbocycles. The first-order valence-corrected chi connectivity index (χ1v) is 7.14. The maximum Gasteiger partial charge on any atom is 0.417 e. The number of benzene rings is 1. The van der Waals surface area contributed by atoms with E-state index in [0.29, 0.717) is 0 Å². The minimum atomic E-state index is -4.58. The number of ether oxygens (including phenoxy) is 1. The molecule has 118 valence electrons. The average molecular weight is 368 g/mol. The summed E-state index contributed by atoms with van der Waals surface area (Å²) in [6.45, 7) is 4.00. The third-order valence-electron chi connectivity index (χ3n) is 2.94. The van der Waals surface area contributed by atoms with Crippen molar-refractivity contribution in [1.82, 2.24) is 4.90 Å². The average Bonchev–Trinajstić information content (AvgIpc) is 2.37. The van der Waals surface area contributed by atoms with E-state index in [1.165, 1.54) is 24.1 Å². The third kappa shape index (κ3) is 4.71. The smallest absolute Gasteiger partial charge is 0.383 e. The van der Waals surface area contributed by atoms with E-state index in [4.69, 9.17) is 4.74 Å². The molecule has 0 heterocycles. The number of carbonyl (C=O) groups is 1. The number of amides is 1. The van der Waals surface area contributed by atoms with Crippen LogP contribution < -0.4 is 0 Å². The molecule has 0 radical (unpaired) electrons. The van der Waals surface area contributed by atoms with Gasteiger partial charge in [-0.1, -0.05) is 15.9 Å². The van der Waals surface area contributed by atoms with Gasteiger partial charge in [0, 0.05) is 24.2 Å². The van der Waals surface area contributed by atoms with Crippen LogP contribution in [0.3, 0.4) is 0 Å². The molecule has 21 heavy (non-hydrogen) atoms. The van der Waals surface area contributed by atoms with Gasteiger partial charge in [-0.25, -0.2) is 0 Å². The van der Waals surface area contributed by atoms with Crippen molar-refractivity contribution in [2.24, 2.45) is 0 Å². The fourth-order valence-corrected chi connectivity index (χ4v) is 2.24. The molecule has 1 rings (SSSR count). The Kier molecular flexibility index (Phi) is 6.22. The zero-order valence-corrected chi connectivity index (χ0v) is 13.6. The molecular weight excluding hydrogens is 351 g/mol. The van der Waals surface area contributed by atoms with Crippen molar-refractivity contribution in [3.63, 3.8) is 0 Å². The first-order valence-electron chi connectivity index (χ1n) is 6.35. The summed E-state index contributed by atoms with van der Waals surface area (Å²) in [5, 5.41) is 0. The number of nitrogens with zero attached hydrogens (tertiary/aromatic N) is 1. The number of rotatable bonds is 5. The molecule has 0 bridgehead atoms. The molecule has 0 aliphatic heterocycles. The standard InChI is InChI=1S/C14H17BrF3NO2/c1-9(2)19(6-7-21-3)13(20)11-5-4-10(15)8-12(11)14(16,17)18/h4-5,8-9H,6-7H2,1-3H3. The molecule has 7 heteroatoms. The van der Waals surface area contributed by atoms with Crippen LogP contribution in [-0.4, -0.2) is 37.1 Å². The van der Waals surface area contributed by atoms with Gasteiger partial charge in [0.05, 0.1) is 17.7 Å². The normalized spacial score (nSPS) is 11.8. The second-order valence-corrected chi connectivity index (χ2v) is 5.69. The van der Waals surface area contributed by atoms with Gasteiger partial charge in [0.25, 0.3) is 5.91 Å². The molecule has 1 aromatic rings. The Balaban J connectivity index is 3.21. The van der Waals surface area contributed by atoms with Crippen molar-refractivity contribution < 1.29 is 22.7 Å². The molecule has 0 saturated carbocycles. The van der Waals surface area contributed by atoms with Crippen LogP contribution in [0.5, 0.6) is 0 Å². The highest BCUT2D eigenvalue weighted by Gasteiger charge is 2.36. The van der Waals surface area contributed by atoms with E-state index < -0.39 is 17.6 Å². The largest absolute Gasteiger partial charge is 0.417 e. The first kappa shape index (κ1) is 18.0. The second kappa shape index (κ2) is 7.26. The van der Waals surface area contributed by atoms with Crippen LogP contribution in [0, 0.1) is 0 Å². The van der Waals surface area contributed by atoms with Gasteiger partial charge in [0.1, 0.15) is 0 Å². The van der Waals surface area contributed by atoms with Gasteiger partial charge in [-0.15, -0.1) is 0 Å². The molecule has 0 atom stereocenters. The highest BCUT2D eigenvalue weighted by molar-refractivity contribution is 9.10. The molecule has 0 fully saturated rings. The molecule has 0 aliphatic rings. The summed E-state index contributed by atoms with van der Waals surface area (Å²) in [7, 11) is 1.48. The van der Waals surface area contributed by atoms with Gasteiger partial charge in [0.15, 0.2) is 0 Å². The lowest BCUT2D eigenvalue weighted by atomic mass is 10.1. The lowest BCUT2D eigenvalue weighted by Crippen LogP contribution is -2.40. The van der Waals surface area contributed by atoms with Gasteiger partial charge < -0.3 is 9.64 Å². The fourth-order valence-electron chi connectivity index (χ4n) is 1.88. The minimum absolute atomic E-state index is 0.225. The lowest BCUT2D eigenvalue weighted by Gasteiger charge is -2.27. The van der Waals surface area contributed by atoms with Crippen LogP contribution in [0.2, 0.25) is 0 Å². The zero-order valence-electron chi connectivity index (χ0n) is 12.0. The molecule has 0 spiro atoms. The first-order chi connectivity index (χ1) is 9.68. The van der Waals surface area contributed by atoms with Crippen molar-refractivity contribution in [2.75, 3.05) is 20.3 Å². The predicted octanol–water partition coefficient (Wildman–Crippen LogP) is 3.96. The van der Waals surface area contributed by atoms with Crippen LogP contribution in [-0.2, 0) is 10.9 Å². The minimum Gasteiger partial charge on any atom is -0.383 e. The molecule has 0 aliphatic carbocycles. The van der Waals surface area contributed by atoms with Crippen LogP contribution in [0.15, 0.2) is 22.7 Å². The van der Waals surface area contributed by atoms with Gasteiger partial charge in [-0.05, 0) is 32.0 Å². The summed E-state index contributed by atoms with van der Waals surface area (Å²) in [6.07, 6.45) is -4.58. The molecule has 0 N–H and O–H groups in total. The van der Waals surface area contributed by atoms with Crippen molar-refractivity contribution in [3.8, 4) is 0 Å². The van der Waals surface area contributed by atoms with Crippen molar-refractivity contribution in [2.45, 2.75) is 26.1 Å². The summed E-state index contributed by atoms with van der Waals surface area (Å²) < 4.78 is 44.4. The third-order valence-corrected chi connectivity index (χ3v) is 3.43. The Morgan fingerprint density at radius 2 is 2.00 bits per heavy atom. The zero-order chi connectivity index (χ0) is 16.2. The Bertz CT molecular complexity index is 503. The quantitative estimate of drug-likeness (QED) is 0.787. The van der Waals surface area contributed by atoms with E-state index in [-0.39, 0.29) is 29.2 Å². The monoisotopic (exact) mass is 367 g/mol. The molecular formula is C14H17BrF3NO2. The summed E-state index contributed by atoms with van der Waals surface area (Å²) in [5.41, 5.74) is -1.29. The second-order valence-electron chi connectivity index (χ2n) is 4.77. The Morgan fingerprint density at radius 3 is 2.48 bits per heavy atom. The van der Waals surface area contributed by atoms with Gasteiger partial charge in [-0.2, -0.15) is 13.2 Å². The highest BCUT2D eigenvalue weighted by atomic mass is 79.9. The number of hydrogen-bond acceptors (Lipinski definition) is 2. The summed E-state index contributed by atoms with van der Waals surface area (Å²) in [5.74, 6) is -0.651. The number of carbonyl (C=O) groups excluding carboxylic acids is 1. The number of methoxy groups -OCH3 is 1. The summed E-state index contributed by atoms with van der Waals surface area (Å²) in [4.78, 5) is 13.8. The Morgan fingerprint density at radius 1 is 1.38 bits per heavy atom. The van der Waals surface area contributed by atoms with Crippen LogP contribution in [0.25, 0.3) is 0 Å². The molecule has 0 unspecified atom stereocenters. The SMILES string of the molecule is COCCN(C(=O)c1ccc(Br)cc1C(F)(F)F)C(C)C. The fraction of sp³-hybridized carbons (Fsp3) is 0.500. The van der Waals surface area contributed by atoms with Crippen LogP contribution in [0.4, 0.5) is 13.2 Å². The van der Waals surface area contributed by atoms with Crippen LogP contribution >= 0.6 is 15.9 Å². The summed E-state index contributed by atoms with van der Waals surface area (Å²) in [6, 6.07) is 3.31. The van der Waals surface area contributed by atoms with E-state index in [1.54, 1.807) is 13.8 Å². The van der Waals surface area contributed by atoms with Crippen LogP contribution in [0.1, 0.15) is 29.8 Å². The van der Waals surface area contributed by atoms with E-state index in [2.05, 4.69) is 15.9 Å². The lowest BCUT2D eigenvalue weighted by molar-refractivity contribution is -0.138. The number of alkyl halides is 3. The number of hydrogen-bond donors (Lipinski definition) is 0.